The van der Waals surface area contributed by atoms with Crippen LogP contribution in [0.2, 0.25) is 0 Å². The molecular formula is C16H23N3. The molecule has 1 aromatic carbocycles. The van der Waals surface area contributed by atoms with E-state index in [1.165, 1.54) is 16.7 Å². The Hall–Kier alpha value is -1.61. The zero-order chi connectivity index (χ0) is 13.8. The van der Waals surface area contributed by atoms with Crippen LogP contribution in [0, 0.1) is 13.8 Å². The maximum atomic E-state index is 4.43. The number of nitrogens with zero attached hydrogens (tertiary/aromatic N) is 1. The minimum Gasteiger partial charge on any atom is -0.341 e. The van der Waals surface area contributed by atoms with E-state index in [0.29, 0.717) is 6.04 Å². The average Bonchev–Trinajstić information content (AvgIpc) is 2.88. The SMILES string of the molecule is CCC(C)NCc1ncc(-c2ccc(C)c(C)c2)[nH]1. The number of aryl methyl sites for hydroxylation is 2. The van der Waals surface area contributed by atoms with Gasteiger partial charge in [-0.1, -0.05) is 19.1 Å². The predicted molar refractivity (Wildman–Crippen MR) is 80.1 cm³/mol. The van der Waals surface area contributed by atoms with E-state index < -0.39 is 0 Å². The Bertz CT molecular complexity index is 543. The van der Waals surface area contributed by atoms with Gasteiger partial charge in [0, 0.05) is 6.04 Å². The number of aromatic amines is 1. The van der Waals surface area contributed by atoms with Crippen LogP contribution in [0.1, 0.15) is 37.2 Å². The smallest absolute Gasteiger partial charge is 0.120 e. The molecular weight excluding hydrogens is 234 g/mol. The van der Waals surface area contributed by atoms with E-state index >= 15 is 0 Å². The van der Waals surface area contributed by atoms with Gasteiger partial charge in [0.05, 0.1) is 18.4 Å². The summed E-state index contributed by atoms with van der Waals surface area (Å²) < 4.78 is 0. The van der Waals surface area contributed by atoms with Gasteiger partial charge in [-0.2, -0.15) is 0 Å². The first kappa shape index (κ1) is 13.8. The topological polar surface area (TPSA) is 40.7 Å². The third kappa shape index (κ3) is 3.44. The van der Waals surface area contributed by atoms with Gasteiger partial charge in [0.2, 0.25) is 0 Å². The van der Waals surface area contributed by atoms with E-state index in [0.717, 1.165) is 24.5 Å². The molecule has 19 heavy (non-hydrogen) atoms. The fourth-order valence-corrected chi connectivity index (χ4v) is 1.92. The van der Waals surface area contributed by atoms with E-state index in [1.807, 2.05) is 6.20 Å². The highest BCUT2D eigenvalue weighted by atomic mass is 15.0. The first-order valence-corrected chi connectivity index (χ1v) is 6.95. The number of aromatic nitrogens is 2. The van der Waals surface area contributed by atoms with Gasteiger partial charge in [0.15, 0.2) is 0 Å². The summed E-state index contributed by atoms with van der Waals surface area (Å²) >= 11 is 0. The maximum absolute atomic E-state index is 4.43. The largest absolute Gasteiger partial charge is 0.341 e. The normalized spacial score (nSPS) is 12.6. The Labute approximate surface area is 115 Å². The van der Waals surface area contributed by atoms with Gasteiger partial charge in [-0.3, -0.25) is 0 Å². The molecule has 1 unspecified atom stereocenters. The molecule has 0 amide bonds. The molecule has 0 bridgehead atoms. The van der Waals surface area contributed by atoms with E-state index in [1.54, 1.807) is 0 Å². The van der Waals surface area contributed by atoms with Crippen molar-refractivity contribution in [2.45, 2.75) is 46.7 Å². The fourth-order valence-electron chi connectivity index (χ4n) is 1.92. The minimum atomic E-state index is 0.523. The van der Waals surface area contributed by atoms with Crippen LogP contribution in [0.25, 0.3) is 11.3 Å². The summed E-state index contributed by atoms with van der Waals surface area (Å²) in [6.07, 6.45) is 3.04. The molecule has 0 saturated heterocycles. The molecule has 3 heteroatoms. The summed E-state index contributed by atoms with van der Waals surface area (Å²) in [6.45, 7) is 9.43. The number of imidazole rings is 1. The Balaban J connectivity index is 2.09. The van der Waals surface area contributed by atoms with Gasteiger partial charge in [-0.25, -0.2) is 4.98 Å². The summed E-state index contributed by atoms with van der Waals surface area (Å²) in [5, 5.41) is 3.44. The molecule has 0 aliphatic carbocycles. The van der Waals surface area contributed by atoms with Crippen molar-refractivity contribution in [2.24, 2.45) is 0 Å². The maximum Gasteiger partial charge on any atom is 0.120 e. The van der Waals surface area contributed by atoms with Crippen LogP contribution < -0.4 is 5.32 Å². The number of benzene rings is 1. The quantitative estimate of drug-likeness (QED) is 0.859. The van der Waals surface area contributed by atoms with Gasteiger partial charge in [-0.15, -0.1) is 0 Å². The zero-order valence-electron chi connectivity index (χ0n) is 12.2. The lowest BCUT2D eigenvalue weighted by Gasteiger charge is -2.09. The molecule has 2 N–H and O–H groups in total. The second kappa shape index (κ2) is 6.02. The zero-order valence-corrected chi connectivity index (χ0v) is 12.2. The highest BCUT2D eigenvalue weighted by molar-refractivity contribution is 5.60. The molecule has 102 valence electrons. The third-order valence-corrected chi connectivity index (χ3v) is 3.68. The van der Waals surface area contributed by atoms with Gasteiger partial charge < -0.3 is 10.3 Å². The van der Waals surface area contributed by atoms with Crippen LogP contribution in [-0.2, 0) is 6.54 Å². The van der Waals surface area contributed by atoms with Crippen molar-refractivity contribution >= 4 is 0 Å². The number of rotatable bonds is 5. The summed E-state index contributed by atoms with van der Waals surface area (Å²) in [5.74, 6) is 0.994. The van der Waals surface area contributed by atoms with E-state index in [2.05, 4.69) is 61.2 Å². The Morgan fingerprint density at radius 3 is 2.74 bits per heavy atom. The van der Waals surface area contributed by atoms with Crippen molar-refractivity contribution in [3.05, 3.63) is 41.3 Å². The van der Waals surface area contributed by atoms with Crippen LogP contribution >= 0.6 is 0 Å². The van der Waals surface area contributed by atoms with Crippen LogP contribution in [0.3, 0.4) is 0 Å². The van der Waals surface area contributed by atoms with Crippen molar-refractivity contribution in [1.29, 1.82) is 0 Å². The second-order valence-corrected chi connectivity index (χ2v) is 5.23. The Morgan fingerprint density at radius 1 is 1.26 bits per heavy atom. The fraction of sp³-hybridized carbons (Fsp3) is 0.438. The lowest BCUT2D eigenvalue weighted by atomic mass is 10.1. The standard InChI is InChI=1S/C16H23N3/c1-5-13(4)17-10-16-18-9-15(19-16)14-7-6-11(2)12(3)8-14/h6-9,13,17H,5,10H2,1-4H3,(H,18,19). The second-order valence-electron chi connectivity index (χ2n) is 5.23. The van der Waals surface area contributed by atoms with Crippen LogP contribution in [0.5, 0.6) is 0 Å². The number of hydrogen-bond donors (Lipinski definition) is 2. The highest BCUT2D eigenvalue weighted by Gasteiger charge is 2.05. The van der Waals surface area contributed by atoms with Crippen LogP contribution in [-0.4, -0.2) is 16.0 Å². The van der Waals surface area contributed by atoms with Crippen molar-refractivity contribution in [2.75, 3.05) is 0 Å². The van der Waals surface area contributed by atoms with E-state index in [-0.39, 0.29) is 0 Å². The van der Waals surface area contributed by atoms with Crippen molar-refractivity contribution < 1.29 is 0 Å². The molecule has 3 nitrogen and oxygen atoms in total. The molecule has 1 atom stereocenters. The Kier molecular flexibility index (Phi) is 4.38. The van der Waals surface area contributed by atoms with Crippen molar-refractivity contribution in [1.82, 2.24) is 15.3 Å². The van der Waals surface area contributed by atoms with E-state index in [4.69, 9.17) is 0 Å². The monoisotopic (exact) mass is 257 g/mol. The van der Waals surface area contributed by atoms with E-state index in [9.17, 15) is 0 Å². The minimum absolute atomic E-state index is 0.523. The molecule has 2 rings (SSSR count). The van der Waals surface area contributed by atoms with Crippen LogP contribution in [0.15, 0.2) is 24.4 Å². The first-order chi connectivity index (χ1) is 9.10. The lowest BCUT2D eigenvalue weighted by Crippen LogP contribution is -2.24. The molecule has 1 heterocycles. The number of nitrogens with one attached hydrogen (secondary N) is 2. The predicted octanol–water partition coefficient (Wildman–Crippen LogP) is 3.58. The third-order valence-electron chi connectivity index (χ3n) is 3.68. The van der Waals surface area contributed by atoms with Gasteiger partial charge in [0.1, 0.15) is 5.82 Å². The molecule has 0 aliphatic heterocycles. The molecule has 0 saturated carbocycles. The lowest BCUT2D eigenvalue weighted by molar-refractivity contribution is 0.525. The molecule has 1 aromatic heterocycles. The van der Waals surface area contributed by atoms with Crippen molar-refractivity contribution in [3.63, 3.8) is 0 Å². The summed E-state index contributed by atoms with van der Waals surface area (Å²) in [7, 11) is 0. The molecule has 0 fully saturated rings. The summed E-state index contributed by atoms with van der Waals surface area (Å²) in [4.78, 5) is 7.81. The van der Waals surface area contributed by atoms with Gasteiger partial charge in [-0.05, 0) is 49.9 Å². The first-order valence-electron chi connectivity index (χ1n) is 6.95. The summed E-state index contributed by atoms with van der Waals surface area (Å²) in [5.41, 5.74) is 4.92. The molecule has 0 aliphatic rings. The average molecular weight is 257 g/mol. The Morgan fingerprint density at radius 2 is 2.05 bits per heavy atom. The molecule has 2 aromatic rings. The number of H-pyrrole nitrogens is 1. The van der Waals surface area contributed by atoms with Crippen LogP contribution in [0.4, 0.5) is 0 Å². The van der Waals surface area contributed by atoms with Crippen molar-refractivity contribution in [3.8, 4) is 11.3 Å². The molecule has 0 radical (unpaired) electrons. The van der Waals surface area contributed by atoms with Gasteiger partial charge >= 0.3 is 0 Å². The highest BCUT2D eigenvalue weighted by Crippen LogP contribution is 2.20. The van der Waals surface area contributed by atoms with Gasteiger partial charge in [0.25, 0.3) is 0 Å². The number of hydrogen-bond acceptors (Lipinski definition) is 2. The summed E-state index contributed by atoms with van der Waals surface area (Å²) in [6, 6.07) is 7.02. The molecule has 0 spiro atoms.